The van der Waals surface area contributed by atoms with Crippen LogP contribution in [0.2, 0.25) is 0 Å². The molecule has 2 aromatic rings. The normalized spacial score (nSPS) is 16.7. The Kier molecular flexibility index (Phi) is 3.21. The van der Waals surface area contributed by atoms with Crippen molar-refractivity contribution in [3.63, 3.8) is 0 Å². The van der Waals surface area contributed by atoms with E-state index in [0.717, 1.165) is 12.8 Å². The predicted octanol–water partition coefficient (Wildman–Crippen LogP) is 4.81. The molecule has 1 nitrogen and oxygen atoms in total. The molecule has 0 saturated carbocycles. The van der Waals surface area contributed by atoms with Gasteiger partial charge in [0, 0.05) is 25.2 Å². The number of fused-ring (bicyclic) bond motifs is 3. The molecule has 0 unspecified atom stereocenters. The Balaban J connectivity index is 1.86. The summed E-state index contributed by atoms with van der Waals surface area (Å²) in [4.78, 5) is 2.62. The zero-order chi connectivity index (χ0) is 14.2. The molecule has 0 amide bonds. The maximum Gasteiger partial charge on any atom is 0.0408 e. The van der Waals surface area contributed by atoms with Crippen LogP contribution in [0.3, 0.4) is 0 Å². The van der Waals surface area contributed by atoms with Gasteiger partial charge in [-0.15, -0.1) is 0 Å². The lowest BCUT2D eigenvalue weighted by molar-refractivity contribution is 0.577. The zero-order valence-corrected chi connectivity index (χ0v) is 12.9. The minimum atomic E-state index is 1.12. The third-order valence-electron chi connectivity index (χ3n) is 5.11. The van der Waals surface area contributed by atoms with Crippen molar-refractivity contribution in [1.29, 1.82) is 0 Å². The van der Waals surface area contributed by atoms with E-state index in [1.165, 1.54) is 60.3 Å². The molecule has 0 aromatic heterocycles. The van der Waals surface area contributed by atoms with Gasteiger partial charge in [-0.05, 0) is 59.6 Å². The summed E-state index contributed by atoms with van der Waals surface area (Å²) in [6.45, 7) is 4.74. The fourth-order valence-electron chi connectivity index (χ4n) is 4.03. The minimum absolute atomic E-state index is 1.12. The van der Waals surface area contributed by atoms with Crippen molar-refractivity contribution in [3.8, 4) is 11.1 Å². The second-order valence-corrected chi connectivity index (χ2v) is 6.33. The highest BCUT2D eigenvalue weighted by Crippen LogP contribution is 2.44. The molecule has 0 radical (unpaired) electrons. The highest BCUT2D eigenvalue weighted by atomic mass is 15.1. The van der Waals surface area contributed by atoms with Crippen LogP contribution in [0.5, 0.6) is 0 Å². The number of piperidine rings is 1. The first kappa shape index (κ1) is 12.9. The lowest BCUT2D eigenvalue weighted by atomic mass is 9.95. The Labute approximate surface area is 127 Å². The molecule has 108 valence electrons. The van der Waals surface area contributed by atoms with Crippen molar-refractivity contribution in [2.75, 3.05) is 18.0 Å². The smallest absolute Gasteiger partial charge is 0.0408 e. The molecule has 4 rings (SSSR count). The van der Waals surface area contributed by atoms with Gasteiger partial charge in [0.1, 0.15) is 0 Å². The second-order valence-electron chi connectivity index (χ2n) is 6.33. The van der Waals surface area contributed by atoms with Gasteiger partial charge < -0.3 is 4.90 Å². The van der Waals surface area contributed by atoms with E-state index in [0.29, 0.717) is 0 Å². The van der Waals surface area contributed by atoms with Crippen molar-refractivity contribution in [2.24, 2.45) is 0 Å². The number of aryl methyl sites for hydroxylation is 1. The van der Waals surface area contributed by atoms with Crippen molar-refractivity contribution in [1.82, 2.24) is 0 Å². The van der Waals surface area contributed by atoms with Gasteiger partial charge in [0.25, 0.3) is 0 Å². The van der Waals surface area contributed by atoms with Crippen LogP contribution in [0.25, 0.3) is 11.1 Å². The van der Waals surface area contributed by atoms with Crippen LogP contribution in [-0.4, -0.2) is 13.1 Å². The van der Waals surface area contributed by atoms with E-state index in [4.69, 9.17) is 0 Å². The van der Waals surface area contributed by atoms with E-state index in [2.05, 4.69) is 48.2 Å². The average molecular weight is 277 g/mol. The summed E-state index contributed by atoms with van der Waals surface area (Å²) in [6.07, 6.45) is 6.32. The van der Waals surface area contributed by atoms with E-state index in [1.54, 1.807) is 5.56 Å². The third kappa shape index (κ3) is 2.07. The molecule has 21 heavy (non-hydrogen) atoms. The lowest BCUT2D eigenvalue weighted by Gasteiger charge is -2.31. The lowest BCUT2D eigenvalue weighted by Crippen LogP contribution is -2.30. The number of anilines is 1. The summed E-state index contributed by atoms with van der Waals surface area (Å²) in [6, 6.07) is 13.7. The van der Waals surface area contributed by atoms with Crippen molar-refractivity contribution in [3.05, 3.63) is 53.1 Å². The van der Waals surface area contributed by atoms with Gasteiger partial charge in [-0.3, -0.25) is 0 Å². The van der Waals surface area contributed by atoms with Crippen molar-refractivity contribution < 1.29 is 0 Å². The first-order chi connectivity index (χ1) is 10.4. The van der Waals surface area contributed by atoms with E-state index in [1.807, 2.05) is 0 Å². The van der Waals surface area contributed by atoms with Crippen LogP contribution in [0.15, 0.2) is 36.4 Å². The van der Waals surface area contributed by atoms with Crippen LogP contribution in [0.4, 0.5) is 5.69 Å². The van der Waals surface area contributed by atoms with Crippen LogP contribution in [0, 0.1) is 0 Å². The highest BCUT2D eigenvalue weighted by molar-refractivity contribution is 5.84. The van der Waals surface area contributed by atoms with E-state index in [-0.39, 0.29) is 0 Å². The number of hydrogen-bond donors (Lipinski definition) is 0. The molecule has 0 spiro atoms. The van der Waals surface area contributed by atoms with Gasteiger partial charge in [-0.25, -0.2) is 0 Å². The molecule has 1 heteroatoms. The molecular formula is C20H23N. The number of hydrogen-bond acceptors (Lipinski definition) is 1. The second kappa shape index (κ2) is 5.22. The Morgan fingerprint density at radius 1 is 0.952 bits per heavy atom. The number of benzene rings is 2. The first-order valence-corrected chi connectivity index (χ1v) is 8.36. The Hall–Kier alpha value is -1.76. The number of rotatable bonds is 2. The van der Waals surface area contributed by atoms with E-state index >= 15 is 0 Å². The molecule has 1 fully saturated rings. The van der Waals surface area contributed by atoms with E-state index < -0.39 is 0 Å². The first-order valence-electron chi connectivity index (χ1n) is 8.36. The molecule has 0 bridgehead atoms. The Bertz CT molecular complexity index is 666. The van der Waals surface area contributed by atoms with Gasteiger partial charge in [0.2, 0.25) is 0 Å². The fraction of sp³-hybridized carbons (Fsp3) is 0.400. The fourth-order valence-corrected chi connectivity index (χ4v) is 4.03. The molecule has 1 heterocycles. The van der Waals surface area contributed by atoms with Gasteiger partial charge in [-0.1, -0.05) is 37.3 Å². The highest BCUT2D eigenvalue weighted by Gasteiger charge is 2.25. The Morgan fingerprint density at radius 3 is 2.57 bits per heavy atom. The van der Waals surface area contributed by atoms with Gasteiger partial charge in [0.15, 0.2) is 0 Å². The topological polar surface area (TPSA) is 3.24 Å². The van der Waals surface area contributed by atoms with Gasteiger partial charge in [-0.2, -0.15) is 0 Å². The molecule has 0 N–H and O–H groups in total. The monoisotopic (exact) mass is 277 g/mol. The SMILES string of the molecule is CCc1ccc(N2CCCCC2)c2c1-c1ccccc1C2. The molecule has 0 atom stereocenters. The van der Waals surface area contributed by atoms with Crippen molar-refractivity contribution in [2.45, 2.75) is 39.0 Å². The molecule has 1 aliphatic heterocycles. The molecule has 2 aromatic carbocycles. The third-order valence-corrected chi connectivity index (χ3v) is 5.11. The minimum Gasteiger partial charge on any atom is -0.371 e. The quantitative estimate of drug-likeness (QED) is 0.649. The molecule has 1 saturated heterocycles. The molecule has 1 aliphatic carbocycles. The molecular weight excluding hydrogens is 254 g/mol. The van der Waals surface area contributed by atoms with Crippen molar-refractivity contribution >= 4 is 5.69 Å². The summed E-state index contributed by atoms with van der Waals surface area (Å²) in [7, 11) is 0. The summed E-state index contributed by atoms with van der Waals surface area (Å²) in [5, 5.41) is 0. The molecule has 2 aliphatic rings. The standard InChI is InChI=1S/C20H23N/c1-2-15-10-11-19(21-12-6-3-7-13-21)18-14-16-8-4-5-9-17(16)20(15)18/h4-5,8-11H,2-3,6-7,12-14H2,1H3. The largest absolute Gasteiger partial charge is 0.371 e. The zero-order valence-electron chi connectivity index (χ0n) is 12.9. The van der Waals surface area contributed by atoms with Gasteiger partial charge >= 0.3 is 0 Å². The average Bonchev–Trinajstić information content (AvgIpc) is 2.94. The van der Waals surface area contributed by atoms with E-state index in [9.17, 15) is 0 Å². The summed E-state index contributed by atoms with van der Waals surface area (Å²) >= 11 is 0. The van der Waals surface area contributed by atoms with Gasteiger partial charge in [0.05, 0.1) is 0 Å². The van der Waals surface area contributed by atoms with Crippen LogP contribution in [-0.2, 0) is 12.8 Å². The van der Waals surface area contributed by atoms with Crippen LogP contribution >= 0.6 is 0 Å². The Morgan fingerprint density at radius 2 is 1.76 bits per heavy atom. The summed E-state index contributed by atoms with van der Waals surface area (Å²) in [5.74, 6) is 0. The van der Waals surface area contributed by atoms with Crippen LogP contribution < -0.4 is 4.90 Å². The maximum atomic E-state index is 2.62. The predicted molar refractivity (Wildman–Crippen MR) is 90.1 cm³/mol. The summed E-state index contributed by atoms with van der Waals surface area (Å²) in [5.41, 5.74) is 9.11. The summed E-state index contributed by atoms with van der Waals surface area (Å²) < 4.78 is 0. The number of nitrogens with zero attached hydrogens (tertiary/aromatic N) is 1. The maximum absolute atomic E-state index is 2.62. The van der Waals surface area contributed by atoms with Crippen LogP contribution in [0.1, 0.15) is 42.9 Å².